The van der Waals surface area contributed by atoms with E-state index in [4.69, 9.17) is 9.97 Å². The van der Waals surface area contributed by atoms with E-state index in [1.54, 1.807) is 0 Å². The fourth-order valence-corrected chi connectivity index (χ4v) is 2.90. The van der Waals surface area contributed by atoms with Gasteiger partial charge in [-0.1, -0.05) is 61.3 Å². The molecule has 0 radical (unpaired) electrons. The zero-order valence-electron chi connectivity index (χ0n) is 15.9. The first-order chi connectivity index (χ1) is 10.3. The lowest BCUT2D eigenvalue weighted by Crippen LogP contribution is -2.22. The van der Waals surface area contributed by atoms with Crippen LogP contribution in [-0.4, -0.2) is 9.97 Å². The SMILES string of the molecule is CCCCc1nc(C(C)CC)nc(CCCC)c1C(C)(C)C. The zero-order valence-corrected chi connectivity index (χ0v) is 15.9. The highest BCUT2D eigenvalue weighted by Gasteiger charge is 2.25. The maximum Gasteiger partial charge on any atom is 0.131 e. The molecule has 0 aliphatic carbocycles. The van der Waals surface area contributed by atoms with Crippen LogP contribution in [0.2, 0.25) is 0 Å². The summed E-state index contributed by atoms with van der Waals surface area (Å²) >= 11 is 0. The average molecular weight is 305 g/mol. The van der Waals surface area contributed by atoms with Crippen molar-refractivity contribution in [2.45, 2.75) is 105 Å². The zero-order chi connectivity index (χ0) is 16.8. The van der Waals surface area contributed by atoms with E-state index in [0.29, 0.717) is 5.92 Å². The van der Waals surface area contributed by atoms with Crippen LogP contribution in [0.3, 0.4) is 0 Å². The van der Waals surface area contributed by atoms with Crippen molar-refractivity contribution in [3.63, 3.8) is 0 Å². The summed E-state index contributed by atoms with van der Waals surface area (Å²) in [7, 11) is 0. The minimum absolute atomic E-state index is 0.125. The van der Waals surface area contributed by atoms with E-state index in [1.165, 1.54) is 42.6 Å². The van der Waals surface area contributed by atoms with Gasteiger partial charge in [0.1, 0.15) is 5.82 Å². The summed E-state index contributed by atoms with van der Waals surface area (Å²) < 4.78 is 0. The molecule has 2 nitrogen and oxygen atoms in total. The van der Waals surface area contributed by atoms with Crippen molar-refractivity contribution in [3.8, 4) is 0 Å². The molecule has 0 saturated carbocycles. The van der Waals surface area contributed by atoms with E-state index in [2.05, 4.69) is 48.5 Å². The molecule has 22 heavy (non-hydrogen) atoms. The Morgan fingerprint density at radius 2 is 1.32 bits per heavy atom. The third-order valence-electron chi connectivity index (χ3n) is 4.41. The van der Waals surface area contributed by atoms with Gasteiger partial charge in [0, 0.05) is 22.9 Å². The van der Waals surface area contributed by atoms with Gasteiger partial charge in [-0.05, 0) is 37.5 Å². The highest BCUT2D eigenvalue weighted by atomic mass is 14.9. The number of aryl methyl sites for hydroxylation is 2. The van der Waals surface area contributed by atoms with Crippen LogP contribution in [0.4, 0.5) is 0 Å². The Bertz CT molecular complexity index is 428. The standard InChI is InChI=1S/C20H36N2/c1-8-11-13-16-18(20(5,6)7)17(14-12-9-2)22-19(21-16)15(4)10-3/h15H,8-14H2,1-7H3. The molecular weight excluding hydrogens is 268 g/mol. The molecule has 0 fully saturated rings. The molecule has 0 aliphatic rings. The summed E-state index contributed by atoms with van der Waals surface area (Å²) in [5.41, 5.74) is 4.16. The van der Waals surface area contributed by atoms with Crippen LogP contribution in [-0.2, 0) is 18.3 Å². The third-order valence-corrected chi connectivity index (χ3v) is 4.41. The first-order valence-electron chi connectivity index (χ1n) is 9.25. The lowest BCUT2D eigenvalue weighted by Gasteiger charge is -2.27. The molecule has 0 spiro atoms. The molecule has 1 aromatic heterocycles. The van der Waals surface area contributed by atoms with E-state index in [1.807, 2.05) is 0 Å². The van der Waals surface area contributed by atoms with Crippen LogP contribution in [0.5, 0.6) is 0 Å². The van der Waals surface area contributed by atoms with E-state index in [-0.39, 0.29) is 5.41 Å². The van der Waals surface area contributed by atoms with Crippen LogP contribution in [0.1, 0.15) is 109 Å². The predicted molar refractivity (Wildman–Crippen MR) is 96.7 cm³/mol. The lowest BCUT2D eigenvalue weighted by atomic mass is 9.82. The van der Waals surface area contributed by atoms with Crippen LogP contribution in [0.25, 0.3) is 0 Å². The van der Waals surface area contributed by atoms with Crippen molar-refractivity contribution >= 4 is 0 Å². The van der Waals surface area contributed by atoms with Crippen molar-refractivity contribution in [2.75, 3.05) is 0 Å². The van der Waals surface area contributed by atoms with Crippen LogP contribution >= 0.6 is 0 Å². The van der Waals surface area contributed by atoms with Gasteiger partial charge in [-0.15, -0.1) is 0 Å². The largest absolute Gasteiger partial charge is 0.237 e. The van der Waals surface area contributed by atoms with E-state index < -0.39 is 0 Å². The first-order valence-corrected chi connectivity index (χ1v) is 9.25. The Hall–Kier alpha value is -0.920. The maximum atomic E-state index is 5.01. The summed E-state index contributed by atoms with van der Waals surface area (Å²) in [6.45, 7) is 15.9. The molecule has 1 rings (SSSR count). The second kappa shape index (κ2) is 8.64. The number of nitrogens with zero attached hydrogens (tertiary/aromatic N) is 2. The number of aromatic nitrogens is 2. The Morgan fingerprint density at radius 3 is 1.64 bits per heavy atom. The minimum Gasteiger partial charge on any atom is -0.237 e. The summed E-state index contributed by atoms with van der Waals surface area (Å²) in [5, 5.41) is 0. The molecule has 0 aliphatic heterocycles. The smallest absolute Gasteiger partial charge is 0.131 e. The topological polar surface area (TPSA) is 25.8 Å². The molecule has 0 bridgehead atoms. The number of hydrogen-bond donors (Lipinski definition) is 0. The van der Waals surface area contributed by atoms with Crippen molar-refractivity contribution in [1.29, 1.82) is 0 Å². The number of unbranched alkanes of at least 4 members (excludes halogenated alkanes) is 2. The predicted octanol–water partition coefficient (Wildman–Crippen LogP) is 5.97. The van der Waals surface area contributed by atoms with E-state index in [0.717, 1.165) is 25.1 Å². The fraction of sp³-hybridized carbons (Fsp3) is 0.800. The van der Waals surface area contributed by atoms with Crippen LogP contribution in [0.15, 0.2) is 0 Å². The van der Waals surface area contributed by atoms with E-state index >= 15 is 0 Å². The molecule has 0 aromatic carbocycles. The van der Waals surface area contributed by atoms with Crippen LogP contribution in [0, 0.1) is 0 Å². The van der Waals surface area contributed by atoms with Gasteiger partial charge in [-0.3, -0.25) is 0 Å². The van der Waals surface area contributed by atoms with Crippen molar-refractivity contribution in [2.24, 2.45) is 0 Å². The van der Waals surface area contributed by atoms with Gasteiger partial charge in [0.2, 0.25) is 0 Å². The Labute approximate surface area is 138 Å². The molecule has 0 N–H and O–H groups in total. The second-order valence-corrected chi connectivity index (χ2v) is 7.62. The molecule has 1 heterocycles. The second-order valence-electron chi connectivity index (χ2n) is 7.62. The molecular formula is C20H36N2. The van der Waals surface area contributed by atoms with Gasteiger partial charge in [0.25, 0.3) is 0 Å². The van der Waals surface area contributed by atoms with Gasteiger partial charge in [0.15, 0.2) is 0 Å². The summed E-state index contributed by atoms with van der Waals surface area (Å²) in [5.74, 6) is 1.52. The Balaban J connectivity index is 3.39. The fourth-order valence-electron chi connectivity index (χ4n) is 2.90. The quantitative estimate of drug-likeness (QED) is 0.591. The molecule has 1 aromatic rings. The molecule has 126 valence electrons. The Morgan fingerprint density at radius 1 is 0.864 bits per heavy atom. The third kappa shape index (κ3) is 5.07. The van der Waals surface area contributed by atoms with Crippen molar-refractivity contribution in [3.05, 3.63) is 22.8 Å². The minimum atomic E-state index is 0.125. The van der Waals surface area contributed by atoms with Crippen molar-refractivity contribution < 1.29 is 0 Å². The van der Waals surface area contributed by atoms with E-state index in [9.17, 15) is 0 Å². The number of hydrogen-bond acceptors (Lipinski definition) is 2. The normalized spacial score (nSPS) is 13.4. The Kier molecular flexibility index (Phi) is 7.52. The molecule has 1 unspecified atom stereocenters. The van der Waals surface area contributed by atoms with Gasteiger partial charge < -0.3 is 0 Å². The summed E-state index contributed by atoms with van der Waals surface area (Å²) in [6, 6.07) is 0. The monoisotopic (exact) mass is 304 g/mol. The van der Waals surface area contributed by atoms with Gasteiger partial charge >= 0.3 is 0 Å². The highest BCUT2D eigenvalue weighted by Crippen LogP contribution is 2.31. The van der Waals surface area contributed by atoms with Crippen molar-refractivity contribution in [1.82, 2.24) is 9.97 Å². The lowest BCUT2D eigenvalue weighted by molar-refractivity contribution is 0.545. The maximum absolute atomic E-state index is 5.01. The average Bonchev–Trinajstić information content (AvgIpc) is 2.48. The molecule has 2 heteroatoms. The van der Waals surface area contributed by atoms with Gasteiger partial charge in [-0.25, -0.2) is 9.97 Å². The van der Waals surface area contributed by atoms with Gasteiger partial charge in [0.05, 0.1) is 0 Å². The molecule has 1 atom stereocenters. The summed E-state index contributed by atoms with van der Waals surface area (Å²) in [4.78, 5) is 10.0. The molecule has 0 saturated heterocycles. The first kappa shape index (κ1) is 19.1. The number of rotatable bonds is 8. The summed E-state index contributed by atoms with van der Waals surface area (Å²) in [6.07, 6.45) is 8.16. The van der Waals surface area contributed by atoms with Gasteiger partial charge in [-0.2, -0.15) is 0 Å². The highest BCUT2D eigenvalue weighted by molar-refractivity contribution is 5.33. The molecule has 0 amide bonds. The van der Waals surface area contributed by atoms with Crippen LogP contribution < -0.4 is 0 Å².